The van der Waals surface area contributed by atoms with E-state index >= 15 is 0 Å². The highest BCUT2D eigenvalue weighted by Gasteiger charge is 2.43. The van der Waals surface area contributed by atoms with Crippen LogP contribution in [0.5, 0.6) is 0 Å². The first kappa shape index (κ1) is 19.6. The van der Waals surface area contributed by atoms with Gasteiger partial charge >= 0.3 is 17.9 Å². The van der Waals surface area contributed by atoms with Gasteiger partial charge in [0.15, 0.2) is 9.84 Å². The molecule has 0 spiro atoms. The summed E-state index contributed by atoms with van der Waals surface area (Å²) in [6, 6.07) is 7.15. The standard InChI is InChI=1S/C15H18O8S/c16-12(17)6-8-15(14(20)21,9-7-13(18)19)10-24(22,23)11-4-2-1-3-5-11/h1-5H,6-10H2,(H,16,17)(H,18,19)(H,20,21). The number of aliphatic carboxylic acids is 3. The number of hydrogen-bond acceptors (Lipinski definition) is 5. The molecule has 24 heavy (non-hydrogen) atoms. The summed E-state index contributed by atoms with van der Waals surface area (Å²) < 4.78 is 25.0. The lowest BCUT2D eigenvalue weighted by atomic mass is 9.81. The SMILES string of the molecule is O=C(O)CCC(CCC(=O)O)(CS(=O)(=O)c1ccccc1)C(=O)O. The number of hydrogen-bond donors (Lipinski definition) is 3. The van der Waals surface area contributed by atoms with E-state index in [0.29, 0.717) is 0 Å². The van der Waals surface area contributed by atoms with Crippen LogP contribution in [0.2, 0.25) is 0 Å². The molecule has 0 aliphatic carbocycles. The van der Waals surface area contributed by atoms with Gasteiger partial charge < -0.3 is 15.3 Å². The topological polar surface area (TPSA) is 146 Å². The highest BCUT2D eigenvalue weighted by molar-refractivity contribution is 7.91. The molecule has 9 heteroatoms. The summed E-state index contributed by atoms with van der Waals surface area (Å²) in [6.45, 7) is 0. The van der Waals surface area contributed by atoms with Crippen molar-refractivity contribution in [2.24, 2.45) is 5.41 Å². The predicted molar refractivity (Wildman–Crippen MR) is 82.3 cm³/mol. The van der Waals surface area contributed by atoms with Crippen molar-refractivity contribution in [1.29, 1.82) is 0 Å². The highest BCUT2D eigenvalue weighted by atomic mass is 32.2. The fourth-order valence-electron chi connectivity index (χ4n) is 2.31. The Morgan fingerprint density at radius 3 is 1.71 bits per heavy atom. The molecule has 0 radical (unpaired) electrons. The van der Waals surface area contributed by atoms with Crippen LogP contribution in [0.4, 0.5) is 0 Å². The molecular weight excluding hydrogens is 340 g/mol. The second kappa shape index (κ2) is 7.91. The van der Waals surface area contributed by atoms with Gasteiger partial charge in [-0.25, -0.2) is 8.42 Å². The Labute approximate surface area is 138 Å². The van der Waals surface area contributed by atoms with Crippen LogP contribution in [0.1, 0.15) is 25.7 Å². The van der Waals surface area contributed by atoms with Crippen molar-refractivity contribution < 1.29 is 38.1 Å². The maximum absolute atomic E-state index is 12.5. The Morgan fingerprint density at radius 2 is 1.33 bits per heavy atom. The molecular formula is C15H18O8S. The Kier molecular flexibility index (Phi) is 6.47. The van der Waals surface area contributed by atoms with E-state index < -0.39 is 64.6 Å². The van der Waals surface area contributed by atoms with Gasteiger partial charge in [0.05, 0.1) is 16.1 Å². The molecule has 0 aromatic heterocycles. The molecule has 0 saturated carbocycles. The molecule has 3 N–H and O–H groups in total. The maximum Gasteiger partial charge on any atom is 0.310 e. The van der Waals surface area contributed by atoms with Crippen LogP contribution in [0.25, 0.3) is 0 Å². The van der Waals surface area contributed by atoms with E-state index in [2.05, 4.69) is 0 Å². The Balaban J connectivity index is 3.21. The molecule has 0 atom stereocenters. The number of carboxylic acids is 3. The van der Waals surface area contributed by atoms with Crippen LogP contribution >= 0.6 is 0 Å². The van der Waals surface area contributed by atoms with Crippen LogP contribution in [-0.2, 0) is 24.2 Å². The van der Waals surface area contributed by atoms with Gasteiger partial charge in [0.1, 0.15) is 0 Å². The van der Waals surface area contributed by atoms with E-state index in [0.717, 1.165) is 0 Å². The molecule has 8 nitrogen and oxygen atoms in total. The molecule has 132 valence electrons. The average molecular weight is 358 g/mol. The zero-order chi connectivity index (χ0) is 18.4. The number of carboxylic acid groups (broad SMARTS) is 3. The average Bonchev–Trinajstić information content (AvgIpc) is 2.50. The van der Waals surface area contributed by atoms with Crippen molar-refractivity contribution in [3.63, 3.8) is 0 Å². The second-order valence-electron chi connectivity index (χ2n) is 5.45. The number of sulfone groups is 1. The van der Waals surface area contributed by atoms with Crippen LogP contribution in [-0.4, -0.2) is 47.4 Å². The minimum Gasteiger partial charge on any atom is -0.481 e. The van der Waals surface area contributed by atoms with Crippen LogP contribution in [0.3, 0.4) is 0 Å². The van der Waals surface area contributed by atoms with Gasteiger partial charge in [-0.3, -0.25) is 14.4 Å². The van der Waals surface area contributed by atoms with Gasteiger partial charge in [0.2, 0.25) is 0 Å². The quantitative estimate of drug-likeness (QED) is 0.566. The van der Waals surface area contributed by atoms with E-state index in [-0.39, 0.29) is 4.90 Å². The zero-order valence-electron chi connectivity index (χ0n) is 12.7. The van der Waals surface area contributed by atoms with Gasteiger partial charge in [-0.1, -0.05) is 18.2 Å². The minimum atomic E-state index is -4.03. The van der Waals surface area contributed by atoms with Crippen molar-refractivity contribution >= 4 is 27.7 Å². The van der Waals surface area contributed by atoms with E-state index in [1.54, 1.807) is 6.07 Å². The molecule has 0 aliphatic rings. The monoisotopic (exact) mass is 358 g/mol. The lowest BCUT2D eigenvalue weighted by Gasteiger charge is -2.28. The summed E-state index contributed by atoms with van der Waals surface area (Å²) in [5, 5.41) is 27.1. The van der Waals surface area contributed by atoms with Crippen LogP contribution < -0.4 is 0 Å². The normalized spacial score (nSPS) is 11.8. The summed E-state index contributed by atoms with van der Waals surface area (Å²) in [7, 11) is -4.03. The third-order valence-electron chi connectivity index (χ3n) is 3.66. The molecule has 1 aromatic carbocycles. The molecule has 0 fully saturated rings. The lowest BCUT2D eigenvalue weighted by Crippen LogP contribution is -2.39. The summed E-state index contributed by atoms with van der Waals surface area (Å²) in [5.41, 5.74) is -1.98. The number of benzene rings is 1. The first-order chi connectivity index (χ1) is 11.1. The van der Waals surface area contributed by atoms with Gasteiger partial charge in [-0.15, -0.1) is 0 Å². The second-order valence-corrected chi connectivity index (χ2v) is 7.43. The predicted octanol–water partition coefficient (Wildman–Crippen LogP) is 1.26. The number of rotatable bonds is 10. The number of carbonyl (C=O) groups is 3. The Hall–Kier alpha value is -2.42. The van der Waals surface area contributed by atoms with E-state index in [9.17, 15) is 27.9 Å². The third-order valence-corrected chi connectivity index (χ3v) is 5.58. The lowest BCUT2D eigenvalue weighted by molar-refractivity contribution is -0.150. The Bertz CT molecular complexity index is 690. The Morgan fingerprint density at radius 1 is 0.875 bits per heavy atom. The molecule has 0 unspecified atom stereocenters. The smallest absolute Gasteiger partial charge is 0.310 e. The minimum absolute atomic E-state index is 0.0960. The van der Waals surface area contributed by atoms with Crippen molar-refractivity contribution in [1.82, 2.24) is 0 Å². The van der Waals surface area contributed by atoms with Crippen molar-refractivity contribution in [2.45, 2.75) is 30.6 Å². The first-order valence-corrected chi connectivity index (χ1v) is 8.69. The van der Waals surface area contributed by atoms with Crippen molar-refractivity contribution in [3.05, 3.63) is 30.3 Å². The van der Waals surface area contributed by atoms with Crippen molar-refractivity contribution in [3.8, 4) is 0 Å². The van der Waals surface area contributed by atoms with Crippen molar-refractivity contribution in [2.75, 3.05) is 5.75 Å². The fourth-order valence-corrected chi connectivity index (χ4v) is 4.19. The molecule has 1 rings (SSSR count). The summed E-state index contributed by atoms with van der Waals surface area (Å²) >= 11 is 0. The van der Waals surface area contributed by atoms with E-state index in [1.807, 2.05) is 0 Å². The van der Waals surface area contributed by atoms with Gasteiger partial charge in [-0.05, 0) is 25.0 Å². The summed E-state index contributed by atoms with van der Waals surface area (Å²) in [5.74, 6) is -4.95. The first-order valence-electron chi connectivity index (χ1n) is 7.04. The van der Waals surface area contributed by atoms with Crippen LogP contribution in [0, 0.1) is 5.41 Å². The molecule has 0 saturated heterocycles. The molecule has 0 aliphatic heterocycles. The van der Waals surface area contributed by atoms with Gasteiger partial charge in [-0.2, -0.15) is 0 Å². The van der Waals surface area contributed by atoms with Gasteiger partial charge in [0, 0.05) is 12.8 Å². The van der Waals surface area contributed by atoms with Crippen LogP contribution in [0.15, 0.2) is 35.2 Å². The van der Waals surface area contributed by atoms with E-state index in [1.165, 1.54) is 24.3 Å². The largest absolute Gasteiger partial charge is 0.481 e. The highest BCUT2D eigenvalue weighted by Crippen LogP contribution is 2.34. The summed E-state index contributed by atoms with van der Waals surface area (Å²) in [4.78, 5) is 33.2. The molecule has 1 aromatic rings. The van der Waals surface area contributed by atoms with Gasteiger partial charge in [0.25, 0.3) is 0 Å². The maximum atomic E-state index is 12.5. The third kappa shape index (κ3) is 5.34. The molecule has 0 heterocycles. The zero-order valence-corrected chi connectivity index (χ0v) is 13.5. The van der Waals surface area contributed by atoms with E-state index in [4.69, 9.17) is 10.2 Å². The molecule has 0 amide bonds. The fraction of sp³-hybridized carbons (Fsp3) is 0.400. The molecule has 0 bridgehead atoms. The summed E-state index contributed by atoms with van der Waals surface area (Å²) in [6.07, 6.45) is -2.10.